The molecule has 4 nitrogen and oxygen atoms in total. The molecule has 178 valence electrons. The molecule has 0 spiro atoms. The SMILES string of the molecule is COc1ccc(C2(O)c3ccccc3C(O)(c3ccc(OC)cc3)c3cc4ccccc4cc32)cc1. The lowest BCUT2D eigenvalue weighted by molar-refractivity contribution is 0.0750. The third kappa shape index (κ3) is 3.08. The van der Waals surface area contributed by atoms with Gasteiger partial charge < -0.3 is 19.7 Å². The summed E-state index contributed by atoms with van der Waals surface area (Å²) in [6, 6.07) is 34.5. The van der Waals surface area contributed by atoms with Crippen molar-refractivity contribution in [2.24, 2.45) is 0 Å². The van der Waals surface area contributed by atoms with E-state index < -0.39 is 11.2 Å². The zero-order valence-electron chi connectivity index (χ0n) is 20.1. The fourth-order valence-corrected chi connectivity index (χ4v) is 5.53. The number of ether oxygens (including phenoxy) is 2. The number of hydrogen-bond donors (Lipinski definition) is 2. The quantitative estimate of drug-likeness (QED) is 0.349. The highest BCUT2D eigenvalue weighted by molar-refractivity contribution is 5.86. The van der Waals surface area contributed by atoms with E-state index in [4.69, 9.17) is 9.47 Å². The van der Waals surface area contributed by atoms with Gasteiger partial charge >= 0.3 is 0 Å². The smallest absolute Gasteiger partial charge is 0.141 e. The normalized spacial score (nSPS) is 20.4. The fourth-order valence-electron chi connectivity index (χ4n) is 5.53. The average Bonchev–Trinajstić information content (AvgIpc) is 2.95. The Bertz CT molecular complexity index is 1450. The fraction of sp³-hybridized carbons (Fsp3) is 0.125. The third-order valence-corrected chi connectivity index (χ3v) is 7.39. The first-order chi connectivity index (χ1) is 17.5. The molecule has 0 amide bonds. The molecule has 2 atom stereocenters. The van der Waals surface area contributed by atoms with Gasteiger partial charge in [-0.15, -0.1) is 0 Å². The first kappa shape index (κ1) is 22.4. The number of fused-ring (bicyclic) bond motifs is 3. The topological polar surface area (TPSA) is 58.9 Å². The predicted molar refractivity (Wildman–Crippen MR) is 141 cm³/mol. The number of rotatable bonds is 4. The number of benzene rings is 5. The van der Waals surface area contributed by atoms with Crippen molar-refractivity contribution in [2.45, 2.75) is 11.2 Å². The van der Waals surface area contributed by atoms with Crippen LogP contribution in [0.5, 0.6) is 11.5 Å². The lowest BCUT2D eigenvalue weighted by Gasteiger charge is -2.45. The van der Waals surface area contributed by atoms with Crippen molar-refractivity contribution in [3.63, 3.8) is 0 Å². The molecule has 0 saturated heterocycles. The minimum absolute atomic E-state index is 0.635. The average molecular weight is 475 g/mol. The Morgan fingerprint density at radius 1 is 0.472 bits per heavy atom. The Morgan fingerprint density at radius 3 is 1.19 bits per heavy atom. The van der Waals surface area contributed by atoms with Crippen molar-refractivity contribution in [3.8, 4) is 11.5 Å². The van der Waals surface area contributed by atoms with Crippen molar-refractivity contribution in [1.29, 1.82) is 0 Å². The molecule has 5 aromatic carbocycles. The van der Waals surface area contributed by atoms with Crippen molar-refractivity contribution in [3.05, 3.63) is 143 Å². The second-order valence-corrected chi connectivity index (χ2v) is 9.17. The van der Waals surface area contributed by atoms with Crippen LogP contribution in [-0.4, -0.2) is 24.4 Å². The Kier molecular flexibility index (Phi) is 5.11. The van der Waals surface area contributed by atoms with Crippen LogP contribution in [0.2, 0.25) is 0 Å². The molecule has 4 heteroatoms. The van der Waals surface area contributed by atoms with E-state index in [1.165, 1.54) is 0 Å². The van der Waals surface area contributed by atoms with Gasteiger partial charge in [0, 0.05) is 11.1 Å². The minimum atomic E-state index is -1.49. The molecule has 1 aliphatic rings. The van der Waals surface area contributed by atoms with Crippen LogP contribution in [-0.2, 0) is 11.2 Å². The minimum Gasteiger partial charge on any atom is -0.497 e. The van der Waals surface area contributed by atoms with Gasteiger partial charge in [0.05, 0.1) is 14.2 Å². The molecule has 0 heterocycles. The summed E-state index contributed by atoms with van der Waals surface area (Å²) in [5.41, 5.74) is 0.981. The van der Waals surface area contributed by atoms with Crippen molar-refractivity contribution in [1.82, 2.24) is 0 Å². The summed E-state index contributed by atoms with van der Waals surface area (Å²) in [5.74, 6) is 1.42. The highest BCUT2D eigenvalue weighted by Crippen LogP contribution is 2.54. The summed E-state index contributed by atoms with van der Waals surface area (Å²) < 4.78 is 10.7. The largest absolute Gasteiger partial charge is 0.497 e. The van der Waals surface area contributed by atoms with Crippen LogP contribution in [0.15, 0.2) is 109 Å². The van der Waals surface area contributed by atoms with Crippen LogP contribution in [0.1, 0.15) is 33.4 Å². The first-order valence-electron chi connectivity index (χ1n) is 11.9. The van der Waals surface area contributed by atoms with E-state index in [0.29, 0.717) is 44.9 Å². The molecule has 6 rings (SSSR count). The van der Waals surface area contributed by atoms with E-state index in [2.05, 4.69) is 0 Å². The van der Waals surface area contributed by atoms with Gasteiger partial charge in [-0.2, -0.15) is 0 Å². The molecule has 0 aliphatic heterocycles. The highest BCUT2D eigenvalue weighted by Gasteiger charge is 2.51. The molecule has 0 fully saturated rings. The van der Waals surface area contributed by atoms with Gasteiger partial charge in [0.2, 0.25) is 0 Å². The number of hydrogen-bond acceptors (Lipinski definition) is 4. The van der Waals surface area contributed by atoms with Crippen LogP contribution in [0.4, 0.5) is 0 Å². The molecule has 0 aromatic heterocycles. The monoisotopic (exact) mass is 474 g/mol. The number of aliphatic hydroxyl groups is 2. The standard InChI is InChI=1S/C32H26O4/c1-35-25-15-11-23(12-16-25)31(33)27-9-5-6-10-28(27)32(34,24-13-17-26(36-2)18-14-24)30-20-22-8-4-3-7-21(22)19-29(30)31/h3-20,33-34H,1-2H3. The zero-order chi connectivity index (χ0) is 24.9. The van der Waals surface area contributed by atoms with Gasteiger partial charge in [0.25, 0.3) is 0 Å². The maximum atomic E-state index is 12.7. The maximum absolute atomic E-state index is 12.7. The molecular weight excluding hydrogens is 448 g/mol. The van der Waals surface area contributed by atoms with Gasteiger partial charge in [0.1, 0.15) is 22.7 Å². The molecule has 1 aliphatic carbocycles. The Balaban J connectivity index is 1.72. The molecule has 2 N–H and O–H groups in total. The Morgan fingerprint density at radius 2 is 0.833 bits per heavy atom. The molecule has 0 radical (unpaired) electrons. The highest BCUT2D eigenvalue weighted by atomic mass is 16.5. The summed E-state index contributed by atoms with van der Waals surface area (Å²) in [6.07, 6.45) is 0. The van der Waals surface area contributed by atoms with Crippen LogP contribution < -0.4 is 9.47 Å². The summed E-state index contributed by atoms with van der Waals surface area (Å²) in [4.78, 5) is 0. The summed E-state index contributed by atoms with van der Waals surface area (Å²) in [5, 5.41) is 27.3. The molecule has 2 unspecified atom stereocenters. The summed E-state index contributed by atoms with van der Waals surface area (Å²) in [6.45, 7) is 0. The second-order valence-electron chi connectivity index (χ2n) is 9.17. The van der Waals surface area contributed by atoms with Gasteiger partial charge in [-0.1, -0.05) is 72.8 Å². The predicted octanol–water partition coefficient (Wildman–Crippen LogP) is 5.74. The molecule has 36 heavy (non-hydrogen) atoms. The van der Waals surface area contributed by atoms with Crippen LogP contribution >= 0.6 is 0 Å². The van der Waals surface area contributed by atoms with E-state index in [1.54, 1.807) is 14.2 Å². The van der Waals surface area contributed by atoms with Crippen molar-refractivity contribution < 1.29 is 19.7 Å². The van der Waals surface area contributed by atoms with Crippen molar-refractivity contribution >= 4 is 10.8 Å². The molecule has 0 saturated carbocycles. The maximum Gasteiger partial charge on any atom is 0.141 e. The first-order valence-corrected chi connectivity index (χ1v) is 11.9. The number of methoxy groups -OCH3 is 2. The second kappa shape index (κ2) is 8.23. The van der Waals surface area contributed by atoms with Gasteiger partial charge in [0.15, 0.2) is 0 Å². The van der Waals surface area contributed by atoms with Gasteiger partial charge in [-0.25, -0.2) is 0 Å². The van der Waals surface area contributed by atoms with Crippen LogP contribution in [0, 0.1) is 0 Å². The van der Waals surface area contributed by atoms with E-state index in [-0.39, 0.29) is 0 Å². The Labute approximate surface area is 210 Å². The van der Waals surface area contributed by atoms with E-state index >= 15 is 0 Å². The van der Waals surface area contributed by atoms with E-state index in [9.17, 15) is 10.2 Å². The lowest BCUT2D eigenvalue weighted by atomic mass is 9.63. The third-order valence-electron chi connectivity index (χ3n) is 7.39. The van der Waals surface area contributed by atoms with E-state index in [1.807, 2.05) is 109 Å². The lowest BCUT2D eigenvalue weighted by Crippen LogP contribution is -2.44. The van der Waals surface area contributed by atoms with Crippen LogP contribution in [0.25, 0.3) is 10.8 Å². The zero-order valence-corrected chi connectivity index (χ0v) is 20.1. The summed E-state index contributed by atoms with van der Waals surface area (Å²) >= 11 is 0. The van der Waals surface area contributed by atoms with Crippen molar-refractivity contribution in [2.75, 3.05) is 14.2 Å². The molecule has 5 aromatic rings. The van der Waals surface area contributed by atoms with Gasteiger partial charge in [-0.05, 0) is 69.4 Å². The summed E-state index contributed by atoms with van der Waals surface area (Å²) in [7, 11) is 3.24. The van der Waals surface area contributed by atoms with Crippen LogP contribution in [0.3, 0.4) is 0 Å². The molecular formula is C32H26O4. The molecule has 0 bridgehead atoms. The van der Waals surface area contributed by atoms with Gasteiger partial charge in [-0.3, -0.25) is 0 Å². The van der Waals surface area contributed by atoms with E-state index in [0.717, 1.165) is 10.8 Å². The Hall–Kier alpha value is -4.12.